The van der Waals surface area contributed by atoms with Crippen LogP contribution in [0.2, 0.25) is 0 Å². The van der Waals surface area contributed by atoms with E-state index in [4.69, 9.17) is 9.98 Å². The van der Waals surface area contributed by atoms with Gasteiger partial charge < -0.3 is 0 Å². The minimum atomic E-state index is 0.945. The van der Waals surface area contributed by atoms with Crippen molar-refractivity contribution in [1.82, 2.24) is 0 Å². The van der Waals surface area contributed by atoms with Crippen molar-refractivity contribution in [3.05, 3.63) is 72.8 Å². The molecule has 2 heteroatoms. The third kappa shape index (κ3) is 21.8. The van der Waals surface area contributed by atoms with Gasteiger partial charge in [0.1, 0.15) is 0 Å². The third-order valence-corrected chi connectivity index (χ3v) is 8.84. The van der Waals surface area contributed by atoms with E-state index >= 15 is 0 Å². The van der Waals surface area contributed by atoms with E-state index in [0.29, 0.717) is 0 Å². The van der Waals surface area contributed by atoms with Crippen molar-refractivity contribution in [2.45, 2.75) is 174 Å². The van der Waals surface area contributed by atoms with Gasteiger partial charge in [0.25, 0.3) is 0 Å². The molecule has 0 amide bonds. The molecule has 0 unspecified atom stereocenters. The predicted molar refractivity (Wildman–Crippen MR) is 203 cm³/mol. The first-order valence-electron chi connectivity index (χ1n) is 19.3. The molecule has 0 saturated carbocycles. The molecule has 0 aliphatic rings. The Balaban J connectivity index is 1.55. The quantitative estimate of drug-likeness (QED) is 0.0645. The van der Waals surface area contributed by atoms with Crippen molar-refractivity contribution in [1.29, 1.82) is 0 Å². The molecule has 0 bridgehead atoms. The Morgan fingerprint density at radius 1 is 0.444 bits per heavy atom. The summed E-state index contributed by atoms with van der Waals surface area (Å²) in [5, 5.41) is 0. The summed E-state index contributed by atoms with van der Waals surface area (Å²) in [6.45, 7) is 4.54. The molecule has 0 atom stereocenters. The van der Waals surface area contributed by atoms with Gasteiger partial charge in [-0.3, -0.25) is 4.99 Å². The summed E-state index contributed by atoms with van der Waals surface area (Å²) < 4.78 is 0. The molecule has 2 aromatic carbocycles. The number of benzene rings is 2. The van der Waals surface area contributed by atoms with Gasteiger partial charge in [0.2, 0.25) is 0 Å². The Bertz CT molecular complexity index is 1000. The molecule has 0 aliphatic heterocycles. The average molecular weight is 613 g/mol. The van der Waals surface area contributed by atoms with Crippen LogP contribution in [0, 0.1) is 0 Å². The van der Waals surface area contributed by atoms with Gasteiger partial charge in [0.15, 0.2) is 0 Å². The van der Waals surface area contributed by atoms with Crippen LogP contribution < -0.4 is 0 Å². The van der Waals surface area contributed by atoms with E-state index in [9.17, 15) is 0 Å². The molecule has 0 N–H and O–H groups in total. The largest absolute Gasteiger partial charge is 0.251 e. The molecule has 0 saturated heterocycles. The number of unbranched alkanes of at least 4 members (excludes halogenated alkanes) is 22. The van der Waals surface area contributed by atoms with Gasteiger partial charge in [-0.1, -0.05) is 191 Å². The number of hydrogen-bond donors (Lipinski definition) is 0. The minimum absolute atomic E-state index is 0.945. The Morgan fingerprint density at radius 3 is 1.24 bits per heavy atom. The number of allylic oxidation sites excluding steroid dienone is 2. The lowest BCUT2D eigenvalue weighted by Gasteiger charge is -2.08. The molecule has 2 rings (SSSR count). The number of rotatable bonds is 29. The molecule has 0 fully saturated rings. The number of hydrogen-bond acceptors (Lipinski definition) is 2. The maximum atomic E-state index is 5.04. The second kappa shape index (κ2) is 29.0. The lowest BCUT2D eigenvalue weighted by molar-refractivity contribution is 0.520. The normalized spacial score (nSPS) is 12.4. The third-order valence-electron chi connectivity index (χ3n) is 8.84. The lowest BCUT2D eigenvalue weighted by Crippen LogP contribution is -2.11. The van der Waals surface area contributed by atoms with E-state index in [1.165, 1.54) is 135 Å². The SMILES string of the molecule is CCCCCCCCCCCCCCCCCCCCCCC/C=C/C(=Nc1ccccc1)C(CCCC)=Nc1ccccc1. The fourth-order valence-electron chi connectivity index (χ4n) is 5.97. The molecule has 0 radical (unpaired) electrons. The molecule has 0 aromatic heterocycles. The molecule has 2 nitrogen and oxygen atoms in total. The maximum Gasteiger partial charge on any atom is 0.0848 e. The van der Waals surface area contributed by atoms with Crippen molar-refractivity contribution in [3.8, 4) is 0 Å². The summed E-state index contributed by atoms with van der Waals surface area (Å²) in [4.78, 5) is 10.1. The van der Waals surface area contributed by atoms with Crippen LogP contribution in [0.1, 0.15) is 174 Å². The van der Waals surface area contributed by atoms with Crippen LogP contribution in [0.25, 0.3) is 0 Å². The van der Waals surface area contributed by atoms with Gasteiger partial charge in [-0.15, -0.1) is 0 Å². The minimum Gasteiger partial charge on any atom is -0.251 e. The van der Waals surface area contributed by atoms with Gasteiger partial charge in [0, 0.05) is 0 Å². The standard InChI is InChI=1S/C43H68N2/c1-3-5-7-8-9-10-11-12-13-14-15-16-17-18-19-20-21-22-23-24-25-26-33-39-43(45-41-36-31-28-32-37-41)42(38-6-4-2)44-40-34-29-27-30-35-40/h27-37,39H,3-26,38H2,1-2H3/b39-33+,44-42?,45-43?. The maximum absolute atomic E-state index is 5.04. The molecule has 0 aliphatic carbocycles. The first-order chi connectivity index (χ1) is 22.3. The van der Waals surface area contributed by atoms with Crippen LogP contribution in [-0.2, 0) is 0 Å². The monoisotopic (exact) mass is 613 g/mol. The van der Waals surface area contributed by atoms with Crippen molar-refractivity contribution in [2.24, 2.45) is 9.98 Å². The zero-order valence-electron chi connectivity index (χ0n) is 29.5. The fraction of sp³-hybridized carbons (Fsp3) is 0.628. The summed E-state index contributed by atoms with van der Waals surface area (Å²) in [5.41, 5.74) is 4.08. The molecule has 2 aromatic rings. The van der Waals surface area contributed by atoms with Gasteiger partial charge in [-0.25, -0.2) is 4.99 Å². The van der Waals surface area contributed by atoms with E-state index in [1.807, 2.05) is 12.1 Å². The van der Waals surface area contributed by atoms with E-state index in [2.05, 4.69) is 74.5 Å². The van der Waals surface area contributed by atoms with E-state index in [0.717, 1.165) is 48.5 Å². The zero-order valence-corrected chi connectivity index (χ0v) is 29.5. The predicted octanol–water partition coefficient (Wildman–Crippen LogP) is 14.9. The molecule has 250 valence electrons. The highest BCUT2D eigenvalue weighted by molar-refractivity contribution is 6.47. The first-order valence-corrected chi connectivity index (χ1v) is 19.3. The second-order valence-electron chi connectivity index (χ2n) is 13.1. The molecular weight excluding hydrogens is 544 g/mol. The van der Waals surface area contributed by atoms with E-state index in [-0.39, 0.29) is 0 Å². The smallest absolute Gasteiger partial charge is 0.0848 e. The second-order valence-corrected chi connectivity index (χ2v) is 13.1. The van der Waals surface area contributed by atoms with Gasteiger partial charge >= 0.3 is 0 Å². The highest BCUT2D eigenvalue weighted by Crippen LogP contribution is 2.18. The Kier molecular flexibility index (Phi) is 24.9. The average Bonchev–Trinajstić information content (AvgIpc) is 3.07. The molecular formula is C43H68N2. The van der Waals surface area contributed by atoms with E-state index in [1.54, 1.807) is 0 Å². The summed E-state index contributed by atoms with van der Waals surface area (Å²) in [6, 6.07) is 20.6. The number of para-hydroxylation sites is 2. The number of aliphatic imine (C=N–C) groups is 2. The number of nitrogens with zero attached hydrogens (tertiary/aromatic N) is 2. The van der Waals surface area contributed by atoms with Crippen LogP contribution in [0.15, 0.2) is 82.8 Å². The van der Waals surface area contributed by atoms with Crippen molar-refractivity contribution >= 4 is 22.8 Å². The highest BCUT2D eigenvalue weighted by Gasteiger charge is 2.08. The van der Waals surface area contributed by atoms with Crippen LogP contribution in [-0.4, -0.2) is 11.4 Å². The van der Waals surface area contributed by atoms with Crippen LogP contribution in [0.3, 0.4) is 0 Å². The lowest BCUT2D eigenvalue weighted by atomic mass is 10.0. The summed E-state index contributed by atoms with van der Waals surface area (Å²) in [5.74, 6) is 0. The Hall–Kier alpha value is -2.48. The van der Waals surface area contributed by atoms with Gasteiger partial charge in [-0.05, 0) is 56.0 Å². The van der Waals surface area contributed by atoms with E-state index < -0.39 is 0 Å². The molecule has 0 spiro atoms. The van der Waals surface area contributed by atoms with Crippen LogP contribution in [0.5, 0.6) is 0 Å². The summed E-state index contributed by atoms with van der Waals surface area (Å²) in [6.07, 6.45) is 38.8. The zero-order chi connectivity index (χ0) is 31.9. The first kappa shape index (κ1) is 38.7. The topological polar surface area (TPSA) is 24.7 Å². The van der Waals surface area contributed by atoms with Crippen molar-refractivity contribution < 1.29 is 0 Å². The fourth-order valence-corrected chi connectivity index (χ4v) is 5.97. The molecule has 45 heavy (non-hydrogen) atoms. The Labute approximate surface area is 279 Å². The summed E-state index contributed by atoms with van der Waals surface area (Å²) >= 11 is 0. The summed E-state index contributed by atoms with van der Waals surface area (Å²) in [7, 11) is 0. The van der Waals surface area contributed by atoms with Gasteiger partial charge in [0.05, 0.1) is 22.8 Å². The van der Waals surface area contributed by atoms with Crippen molar-refractivity contribution in [2.75, 3.05) is 0 Å². The molecule has 0 heterocycles. The van der Waals surface area contributed by atoms with Crippen LogP contribution >= 0.6 is 0 Å². The Morgan fingerprint density at radius 2 is 0.822 bits per heavy atom. The van der Waals surface area contributed by atoms with Gasteiger partial charge in [-0.2, -0.15) is 0 Å². The van der Waals surface area contributed by atoms with Crippen LogP contribution in [0.4, 0.5) is 11.4 Å². The van der Waals surface area contributed by atoms with Crippen molar-refractivity contribution in [3.63, 3.8) is 0 Å². The highest BCUT2D eigenvalue weighted by atomic mass is 14.8.